The van der Waals surface area contributed by atoms with Crippen molar-refractivity contribution in [2.45, 2.75) is 0 Å². The van der Waals surface area contributed by atoms with Crippen LogP contribution in [0.4, 0.5) is 0 Å². The number of hydrogen-bond acceptors (Lipinski definition) is 0. The molecule has 0 fully saturated rings. The molecule has 0 nitrogen and oxygen atoms in total. The lowest BCUT2D eigenvalue weighted by atomic mass is 10.7. The van der Waals surface area contributed by atoms with E-state index in [-0.39, 0.29) is 15.8 Å². The molecule has 0 aromatic heterocycles. The van der Waals surface area contributed by atoms with Crippen molar-refractivity contribution in [3.63, 3.8) is 0 Å². The van der Waals surface area contributed by atoms with Crippen molar-refractivity contribution in [3.8, 4) is 0 Å². The van der Waals surface area contributed by atoms with Gasteiger partial charge >= 0.3 is 0 Å². The summed E-state index contributed by atoms with van der Waals surface area (Å²) in [5.41, 5.74) is 0. The van der Waals surface area contributed by atoms with E-state index in [2.05, 4.69) is 50.6 Å². The Labute approximate surface area is 104 Å². The Morgan fingerprint density at radius 3 is 1.00 bits per heavy atom. The normalized spacial score (nSPS) is 10.4. The molecule has 0 heterocycles. The highest BCUT2D eigenvalue weighted by atomic mass is 31.1. The molecule has 0 aromatic rings. The third-order valence-electron chi connectivity index (χ3n) is 2.28. The average molecular weight is 254 g/mol. The first-order valence-corrected chi connectivity index (χ1v) is 9.46. The minimum atomic E-state index is 0.0967. The van der Waals surface area contributed by atoms with Crippen LogP contribution in [0.15, 0.2) is 50.6 Å². The summed E-state index contributed by atoms with van der Waals surface area (Å²) in [5.74, 6) is 0. The Bertz CT molecular complexity index is 177. The molecule has 0 rings (SSSR count). The molecule has 0 radical (unpaired) electrons. The molecule has 0 N–H and O–H groups in total. The Morgan fingerprint density at radius 1 is 0.562 bits per heavy atom. The minimum absolute atomic E-state index is 0.0967. The summed E-state index contributed by atoms with van der Waals surface area (Å²) < 4.78 is 0. The van der Waals surface area contributed by atoms with Crippen LogP contribution in [0.3, 0.4) is 0 Å². The van der Waals surface area contributed by atoms with Crippen molar-refractivity contribution in [2.24, 2.45) is 0 Å². The third kappa shape index (κ3) is 8.03. The predicted molar refractivity (Wildman–Crippen MR) is 83.8 cm³/mol. The zero-order valence-corrected chi connectivity index (χ0v) is 12.1. The lowest BCUT2D eigenvalue weighted by molar-refractivity contribution is 1.42. The topological polar surface area (TPSA) is 0 Å². The molecule has 0 atom stereocenters. The third-order valence-corrected chi connectivity index (χ3v) is 7.44. The van der Waals surface area contributed by atoms with Crippen molar-refractivity contribution in [2.75, 3.05) is 37.0 Å². The summed E-state index contributed by atoms with van der Waals surface area (Å²) in [7, 11) is 0.193. The zero-order chi connectivity index (χ0) is 12.2. The largest absolute Gasteiger partial charge is 0.103 e. The van der Waals surface area contributed by atoms with Crippen LogP contribution in [0.2, 0.25) is 0 Å². The maximum Gasteiger partial charge on any atom is -0.0145 e. The van der Waals surface area contributed by atoms with E-state index < -0.39 is 0 Å². The molecule has 0 amide bonds. The van der Waals surface area contributed by atoms with Gasteiger partial charge in [0.15, 0.2) is 0 Å². The highest BCUT2D eigenvalue weighted by Crippen LogP contribution is 2.42. The van der Waals surface area contributed by atoms with E-state index in [1.807, 2.05) is 0 Å². The van der Waals surface area contributed by atoms with Crippen LogP contribution < -0.4 is 0 Å². The quantitative estimate of drug-likeness (QED) is 0.370. The number of rotatable bonds is 11. The van der Waals surface area contributed by atoms with Gasteiger partial charge in [0.25, 0.3) is 0 Å². The van der Waals surface area contributed by atoms with Crippen molar-refractivity contribution in [3.05, 3.63) is 50.6 Å². The lowest BCUT2D eigenvalue weighted by Gasteiger charge is -2.19. The standard InChI is InChI=1S/C14H24P2/c1-5-9-15(10-6-2)13-14-16(11-7-3)12-8-4/h5-8H,1-4,9-14H2. The van der Waals surface area contributed by atoms with Crippen molar-refractivity contribution in [1.29, 1.82) is 0 Å². The summed E-state index contributed by atoms with van der Waals surface area (Å²) in [4.78, 5) is 0. The maximum absolute atomic E-state index is 3.84. The second-order valence-corrected chi connectivity index (χ2v) is 8.71. The van der Waals surface area contributed by atoms with Crippen molar-refractivity contribution in [1.82, 2.24) is 0 Å². The maximum atomic E-state index is 3.84. The first-order chi connectivity index (χ1) is 7.78. The second kappa shape index (κ2) is 11.3. The SMILES string of the molecule is C=CCP(CC=C)CCP(CC=C)CC=C. The summed E-state index contributed by atoms with van der Waals surface area (Å²) in [5, 5.41) is 0. The Balaban J connectivity index is 4.00. The van der Waals surface area contributed by atoms with Gasteiger partial charge < -0.3 is 0 Å². The summed E-state index contributed by atoms with van der Waals surface area (Å²) in [6.45, 7) is 15.3. The van der Waals surface area contributed by atoms with Crippen molar-refractivity contribution >= 4 is 15.8 Å². The van der Waals surface area contributed by atoms with Gasteiger partial charge in [-0.25, -0.2) is 0 Å². The van der Waals surface area contributed by atoms with Crippen LogP contribution in [0.1, 0.15) is 0 Å². The predicted octanol–water partition coefficient (Wildman–Crippen LogP) is 4.69. The molecule has 90 valence electrons. The minimum Gasteiger partial charge on any atom is -0.103 e. The van der Waals surface area contributed by atoms with E-state index in [9.17, 15) is 0 Å². The molecule has 0 aromatic carbocycles. The van der Waals surface area contributed by atoms with E-state index in [1.54, 1.807) is 0 Å². The summed E-state index contributed by atoms with van der Waals surface area (Å²) >= 11 is 0. The molecule has 0 aliphatic rings. The highest BCUT2D eigenvalue weighted by molar-refractivity contribution is 7.62. The van der Waals surface area contributed by atoms with Gasteiger partial charge in [0, 0.05) is 0 Å². The van der Waals surface area contributed by atoms with Gasteiger partial charge in [-0.3, -0.25) is 0 Å². The van der Waals surface area contributed by atoms with Gasteiger partial charge in [0.05, 0.1) is 0 Å². The molecular weight excluding hydrogens is 230 g/mol. The lowest BCUT2D eigenvalue weighted by Crippen LogP contribution is -1.99. The van der Waals surface area contributed by atoms with Crippen LogP contribution >= 0.6 is 15.8 Å². The smallest absolute Gasteiger partial charge is 0.0145 e. The van der Waals surface area contributed by atoms with Gasteiger partial charge in [0.1, 0.15) is 0 Å². The van der Waals surface area contributed by atoms with Gasteiger partial charge in [-0.1, -0.05) is 40.1 Å². The molecule has 0 saturated heterocycles. The highest BCUT2D eigenvalue weighted by Gasteiger charge is 2.09. The van der Waals surface area contributed by atoms with Crippen LogP contribution in [-0.2, 0) is 0 Å². The van der Waals surface area contributed by atoms with E-state index in [1.165, 1.54) is 37.0 Å². The molecule has 0 saturated carbocycles. The molecule has 16 heavy (non-hydrogen) atoms. The molecular formula is C14H24P2. The average Bonchev–Trinajstić information content (AvgIpc) is 2.27. The molecule has 0 aliphatic carbocycles. The van der Waals surface area contributed by atoms with Crippen molar-refractivity contribution < 1.29 is 0 Å². The number of hydrogen-bond donors (Lipinski definition) is 0. The van der Waals surface area contributed by atoms with Gasteiger partial charge in [-0.15, -0.1) is 26.3 Å². The summed E-state index contributed by atoms with van der Waals surface area (Å²) in [6, 6.07) is 0. The molecule has 0 aliphatic heterocycles. The van der Waals surface area contributed by atoms with E-state index >= 15 is 0 Å². The molecule has 0 spiro atoms. The van der Waals surface area contributed by atoms with E-state index in [0.717, 1.165) is 0 Å². The molecule has 0 unspecified atom stereocenters. The van der Waals surface area contributed by atoms with Crippen LogP contribution in [0.5, 0.6) is 0 Å². The second-order valence-electron chi connectivity index (χ2n) is 3.67. The fraction of sp³-hybridized carbons (Fsp3) is 0.429. The Hall–Kier alpha value is -0.180. The number of allylic oxidation sites excluding steroid dienone is 4. The van der Waals surface area contributed by atoms with Gasteiger partial charge in [-0.2, -0.15) is 0 Å². The van der Waals surface area contributed by atoms with Crippen LogP contribution in [-0.4, -0.2) is 37.0 Å². The van der Waals surface area contributed by atoms with Crippen LogP contribution in [0, 0.1) is 0 Å². The molecule has 0 bridgehead atoms. The first kappa shape index (κ1) is 15.8. The first-order valence-electron chi connectivity index (χ1n) is 5.66. The van der Waals surface area contributed by atoms with E-state index in [4.69, 9.17) is 0 Å². The van der Waals surface area contributed by atoms with E-state index in [0.29, 0.717) is 0 Å². The van der Waals surface area contributed by atoms with Gasteiger partial charge in [-0.05, 0) is 37.0 Å². The fourth-order valence-corrected chi connectivity index (χ4v) is 6.28. The monoisotopic (exact) mass is 254 g/mol. The fourth-order valence-electron chi connectivity index (χ4n) is 1.53. The van der Waals surface area contributed by atoms with Gasteiger partial charge in [0.2, 0.25) is 0 Å². The zero-order valence-electron chi connectivity index (χ0n) is 10.3. The molecule has 2 heteroatoms. The Kier molecular flexibility index (Phi) is 11.2. The van der Waals surface area contributed by atoms with Crippen LogP contribution in [0.25, 0.3) is 0 Å². The Morgan fingerprint density at radius 2 is 0.812 bits per heavy atom. The summed E-state index contributed by atoms with van der Waals surface area (Å²) in [6.07, 6.45) is 15.6.